The Morgan fingerprint density at radius 1 is 1.38 bits per heavy atom. The zero-order chi connectivity index (χ0) is 15.5. The first-order chi connectivity index (χ1) is 10.2. The molecule has 0 aromatic carbocycles. The summed E-state index contributed by atoms with van der Waals surface area (Å²) in [4.78, 5) is 16.1. The monoisotopic (exact) mass is 299 g/mol. The second-order valence-corrected chi connectivity index (χ2v) is 5.44. The highest BCUT2D eigenvalue weighted by atomic mass is 16.5. The average Bonchev–Trinajstić information content (AvgIpc) is 2.47. The van der Waals surface area contributed by atoms with Crippen molar-refractivity contribution in [2.45, 2.75) is 18.9 Å². The molecule has 1 saturated heterocycles. The largest absolute Gasteiger partial charge is 0.392 e. The van der Waals surface area contributed by atoms with Crippen molar-refractivity contribution in [1.82, 2.24) is 15.1 Å². The van der Waals surface area contributed by atoms with Gasteiger partial charge in [-0.15, -0.1) is 6.58 Å². The molecule has 0 aromatic rings. The van der Waals surface area contributed by atoms with Crippen molar-refractivity contribution in [2.24, 2.45) is 0 Å². The summed E-state index contributed by atoms with van der Waals surface area (Å²) in [7, 11) is 1.62. The van der Waals surface area contributed by atoms with Gasteiger partial charge in [0.1, 0.15) is 0 Å². The van der Waals surface area contributed by atoms with Crippen LogP contribution in [0.15, 0.2) is 12.7 Å². The quantitative estimate of drug-likeness (QED) is 0.428. The molecule has 6 nitrogen and oxygen atoms in total. The van der Waals surface area contributed by atoms with E-state index in [1.54, 1.807) is 7.11 Å². The third kappa shape index (κ3) is 8.16. The van der Waals surface area contributed by atoms with Crippen LogP contribution in [0.5, 0.6) is 0 Å². The maximum atomic E-state index is 11.7. The summed E-state index contributed by atoms with van der Waals surface area (Å²) in [6.07, 6.45) is 3.17. The van der Waals surface area contributed by atoms with Gasteiger partial charge in [0, 0.05) is 46.4 Å². The van der Waals surface area contributed by atoms with Gasteiger partial charge in [0.25, 0.3) is 0 Å². The Morgan fingerprint density at radius 2 is 2.05 bits per heavy atom. The van der Waals surface area contributed by atoms with Gasteiger partial charge < -0.3 is 15.2 Å². The maximum absolute atomic E-state index is 11.7. The fraction of sp³-hybridized carbons (Fsp3) is 0.800. The number of carbonyl (C=O) groups is 1. The van der Waals surface area contributed by atoms with Crippen LogP contribution in [0.1, 0.15) is 12.8 Å². The number of hydrogen-bond acceptors (Lipinski definition) is 5. The van der Waals surface area contributed by atoms with E-state index < -0.39 is 0 Å². The van der Waals surface area contributed by atoms with Gasteiger partial charge in [0.15, 0.2) is 0 Å². The molecule has 0 bridgehead atoms. The summed E-state index contributed by atoms with van der Waals surface area (Å²) in [6.45, 7) is 9.45. The van der Waals surface area contributed by atoms with E-state index in [-0.39, 0.29) is 12.0 Å². The fourth-order valence-corrected chi connectivity index (χ4v) is 2.38. The van der Waals surface area contributed by atoms with Gasteiger partial charge in [-0.3, -0.25) is 14.6 Å². The first-order valence-electron chi connectivity index (χ1n) is 7.65. The third-order valence-electron chi connectivity index (χ3n) is 3.63. The number of β-amino-alcohol motifs (C(OH)–C–C–N with tert-alkyl or cyclic N) is 1. The van der Waals surface area contributed by atoms with Crippen LogP contribution in [0.4, 0.5) is 0 Å². The van der Waals surface area contributed by atoms with Crippen molar-refractivity contribution in [1.29, 1.82) is 0 Å². The lowest BCUT2D eigenvalue weighted by Crippen LogP contribution is -2.51. The lowest BCUT2D eigenvalue weighted by molar-refractivity contribution is -0.122. The smallest absolute Gasteiger partial charge is 0.234 e. The molecule has 0 saturated carbocycles. The molecule has 1 heterocycles. The molecule has 0 aromatic heterocycles. The summed E-state index contributed by atoms with van der Waals surface area (Å²) in [6, 6.07) is 0. The summed E-state index contributed by atoms with van der Waals surface area (Å²) in [5, 5.41) is 12.7. The molecule has 1 aliphatic heterocycles. The molecule has 122 valence electrons. The molecule has 1 fully saturated rings. The summed E-state index contributed by atoms with van der Waals surface area (Å²) >= 11 is 0. The van der Waals surface area contributed by atoms with Gasteiger partial charge in [-0.2, -0.15) is 0 Å². The fourth-order valence-electron chi connectivity index (χ4n) is 2.38. The molecule has 0 aliphatic carbocycles. The number of piperazine rings is 1. The van der Waals surface area contributed by atoms with Gasteiger partial charge in [0.2, 0.25) is 5.91 Å². The second kappa shape index (κ2) is 10.7. The van der Waals surface area contributed by atoms with E-state index in [1.807, 2.05) is 6.08 Å². The number of allylic oxidation sites excluding steroid dienone is 1. The van der Waals surface area contributed by atoms with Crippen LogP contribution in [0.2, 0.25) is 0 Å². The Kier molecular flexibility index (Phi) is 9.25. The summed E-state index contributed by atoms with van der Waals surface area (Å²) < 4.78 is 4.90. The highest BCUT2D eigenvalue weighted by Crippen LogP contribution is 2.05. The number of aliphatic hydroxyl groups is 1. The van der Waals surface area contributed by atoms with E-state index >= 15 is 0 Å². The summed E-state index contributed by atoms with van der Waals surface area (Å²) in [5.74, 6) is 0.0477. The molecular formula is C15H29N3O3. The number of rotatable bonds is 10. The predicted octanol–water partition coefficient (Wildman–Crippen LogP) is -0.306. The highest BCUT2D eigenvalue weighted by Gasteiger charge is 2.20. The van der Waals surface area contributed by atoms with E-state index in [2.05, 4.69) is 21.7 Å². The van der Waals surface area contributed by atoms with Crippen molar-refractivity contribution in [3.05, 3.63) is 12.7 Å². The number of amides is 1. The van der Waals surface area contributed by atoms with E-state index in [0.717, 1.165) is 39.0 Å². The van der Waals surface area contributed by atoms with Crippen molar-refractivity contribution in [2.75, 3.05) is 59.5 Å². The minimum Gasteiger partial charge on any atom is -0.392 e. The molecule has 0 spiro atoms. The maximum Gasteiger partial charge on any atom is 0.234 e. The Morgan fingerprint density at radius 3 is 2.67 bits per heavy atom. The van der Waals surface area contributed by atoms with Crippen LogP contribution in [0.3, 0.4) is 0 Å². The topological polar surface area (TPSA) is 65.0 Å². The number of aliphatic hydroxyl groups excluding tert-OH is 1. The minimum absolute atomic E-state index is 0.0477. The molecule has 6 heteroatoms. The second-order valence-electron chi connectivity index (χ2n) is 5.44. The number of nitrogens with zero attached hydrogens (tertiary/aromatic N) is 2. The van der Waals surface area contributed by atoms with E-state index in [4.69, 9.17) is 4.74 Å². The molecule has 1 rings (SSSR count). The van der Waals surface area contributed by atoms with Gasteiger partial charge in [-0.1, -0.05) is 6.08 Å². The minimum atomic E-state index is -0.285. The number of nitrogens with one attached hydrogen (secondary N) is 1. The van der Waals surface area contributed by atoms with Crippen LogP contribution in [-0.2, 0) is 9.53 Å². The van der Waals surface area contributed by atoms with Crippen LogP contribution in [-0.4, -0.2) is 86.4 Å². The van der Waals surface area contributed by atoms with Crippen LogP contribution in [0, 0.1) is 0 Å². The van der Waals surface area contributed by atoms with Crippen molar-refractivity contribution < 1.29 is 14.6 Å². The Hall–Kier alpha value is -0.950. The molecular weight excluding hydrogens is 270 g/mol. The predicted molar refractivity (Wildman–Crippen MR) is 83.2 cm³/mol. The van der Waals surface area contributed by atoms with Crippen LogP contribution in [0.25, 0.3) is 0 Å². The third-order valence-corrected chi connectivity index (χ3v) is 3.63. The van der Waals surface area contributed by atoms with Crippen LogP contribution >= 0.6 is 0 Å². The van der Waals surface area contributed by atoms with Gasteiger partial charge in [-0.25, -0.2) is 0 Å². The zero-order valence-electron chi connectivity index (χ0n) is 13.1. The highest BCUT2D eigenvalue weighted by molar-refractivity contribution is 5.77. The lowest BCUT2D eigenvalue weighted by atomic mass is 10.1. The van der Waals surface area contributed by atoms with Gasteiger partial charge >= 0.3 is 0 Å². The van der Waals surface area contributed by atoms with Crippen molar-refractivity contribution in [3.8, 4) is 0 Å². The number of methoxy groups -OCH3 is 1. The van der Waals surface area contributed by atoms with E-state index in [1.165, 1.54) is 0 Å². The molecule has 1 aliphatic rings. The summed E-state index contributed by atoms with van der Waals surface area (Å²) in [5.41, 5.74) is 0. The van der Waals surface area contributed by atoms with E-state index in [9.17, 15) is 9.90 Å². The standard InChI is InChI=1S/C15H29N3O3/c1-3-4-5-14(19)12-17-7-9-18(10-8-17)13-15(20)16-6-11-21-2/h3,14,19H,1,4-13H2,2H3,(H,16,20)/t14-/m1/s1. The molecule has 1 amide bonds. The van der Waals surface area contributed by atoms with Crippen molar-refractivity contribution >= 4 is 5.91 Å². The Balaban J connectivity index is 2.14. The molecule has 0 unspecified atom stereocenters. The number of ether oxygens (including phenoxy) is 1. The van der Waals surface area contributed by atoms with Gasteiger partial charge in [-0.05, 0) is 12.8 Å². The number of carbonyl (C=O) groups excluding carboxylic acids is 1. The Labute approximate surface area is 127 Å². The van der Waals surface area contributed by atoms with E-state index in [0.29, 0.717) is 26.2 Å². The van der Waals surface area contributed by atoms with Crippen molar-refractivity contribution in [3.63, 3.8) is 0 Å². The first-order valence-corrected chi connectivity index (χ1v) is 7.65. The molecule has 1 atom stereocenters. The zero-order valence-corrected chi connectivity index (χ0v) is 13.1. The first kappa shape index (κ1) is 18.1. The SMILES string of the molecule is C=CCC[C@@H](O)CN1CCN(CC(=O)NCCOC)CC1. The van der Waals surface area contributed by atoms with Gasteiger partial charge in [0.05, 0.1) is 19.3 Å². The number of hydrogen-bond donors (Lipinski definition) is 2. The molecule has 2 N–H and O–H groups in total. The normalized spacial score (nSPS) is 18.4. The lowest BCUT2D eigenvalue weighted by Gasteiger charge is -2.35. The Bertz CT molecular complexity index is 305. The average molecular weight is 299 g/mol. The molecule has 21 heavy (non-hydrogen) atoms. The van der Waals surface area contributed by atoms with Crippen LogP contribution < -0.4 is 5.32 Å². The molecule has 0 radical (unpaired) electrons.